The Morgan fingerprint density at radius 3 is 2.55 bits per heavy atom. The number of nitrogen functional groups attached to an aromatic ring is 1. The van der Waals surface area contributed by atoms with Crippen LogP contribution in [0.25, 0.3) is 0 Å². The van der Waals surface area contributed by atoms with Gasteiger partial charge in [0.05, 0.1) is 17.5 Å². The van der Waals surface area contributed by atoms with Crippen LogP contribution in [0.15, 0.2) is 54.7 Å². The van der Waals surface area contributed by atoms with Crippen molar-refractivity contribution in [1.29, 1.82) is 0 Å². The number of benzene rings is 2. The number of hydrogen-bond acceptors (Lipinski definition) is 7. The number of aromatic nitrogens is 1. The van der Waals surface area contributed by atoms with Gasteiger partial charge in [-0.15, -0.1) is 0 Å². The van der Waals surface area contributed by atoms with E-state index < -0.39 is 17.6 Å². The first-order valence-corrected chi connectivity index (χ1v) is 13.4. The van der Waals surface area contributed by atoms with E-state index in [0.717, 1.165) is 31.3 Å². The number of nitrogens with two attached hydrogens (primary N) is 1. The van der Waals surface area contributed by atoms with Crippen molar-refractivity contribution in [2.24, 2.45) is 0 Å². The molecular formula is C29H30F3N5O3. The minimum atomic E-state index is -4.56. The first-order chi connectivity index (χ1) is 19.2. The van der Waals surface area contributed by atoms with E-state index >= 15 is 0 Å². The van der Waals surface area contributed by atoms with Crippen molar-refractivity contribution in [3.05, 3.63) is 77.0 Å². The van der Waals surface area contributed by atoms with E-state index in [1.165, 1.54) is 12.1 Å². The molecule has 0 radical (unpaired) electrons. The molecule has 3 unspecified atom stereocenters. The molecule has 210 valence electrons. The Morgan fingerprint density at radius 2 is 1.82 bits per heavy atom. The SMILES string of the molecule is CCN1CCN(Cc2ccc(C(=O)NC3C4Oc5ccc(Oc6ccnc(N)c6)cc5C34)cc2C(F)(F)F)CC1. The van der Waals surface area contributed by atoms with E-state index in [1.807, 2.05) is 11.0 Å². The monoisotopic (exact) mass is 553 g/mol. The predicted molar refractivity (Wildman–Crippen MR) is 142 cm³/mol. The van der Waals surface area contributed by atoms with Crippen LogP contribution in [-0.2, 0) is 12.7 Å². The molecule has 1 saturated heterocycles. The summed E-state index contributed by atoms with van der Waals surface area (Å²) in [5.41, 5.74) is 5.98. The summed E-state index contributed by atoms with van der Waals surface area (Å²) in [6.07, 6.45) is -3.28. The van der Waals surface area contributed by atoms with Gasteiger partial charge >= 0.3 is 6.18 Å². The number of amides is 1. The largest absolute Gasteiger partial charge is 0.487 e. The maximum absolute atomic E-state index is 14.0. The standard InChI is InChI=1S/C29H30F3N5O3/c1-2-36-9-11-37(12-10-36)16-18-4-3-17(13-22(18)29(30,31)32)28(38)35-26-25-21-14-19(5-6-23(21)40-27(25)26)39-20-7-8-34-24(33)15-20/h3-8,13-15,25-27H,2,9-12,16H2,1H3,(H2,33,34)(H,35,38). The summed E-state index contributed by atoms with van der Waals surface area (Å²) < 4.78 is 53.9. The van der Waals surface area contributed by atoms with Crippen LogP contribution >= 0.6 is 0 Å². The van der Waals surface area contributed by atoms with Crippen molar-refractivity contribution in [2.75, 3.05) is 38.5 Å². The Bertz CT molecular complexity index is 1420. The third kappa shape index (κ3) is 5.31. The van der Waals surface area contributed by atoms with Gasteiger partial charge in [0.1, 0.15) is 29.2 Å². The lowest BCUT2D eigenvalue weighted by Crippen LogP contribution is -2.45. The average molecular weight is 554 g/mol. The fourth-order valence-electron chi connectivity index (χ4n) is 5.56. The summed E-state index contributed by atoms with van der Waals surface area (Å²) in [5.74, 6) is 1.49. The molecule has 2 aliphatic heterocycles. The van der Waals surface area contributed by atoms with E-state index in [9.17, 15) is 18.0 Å². The van der Waals surface area contributed by atoms with Crippen molar-refractivity contribution in [1.82, 2.24) is 20.1 Å². The molecule has 1 aromatic heterocycles. The molecule has 3 aromatic rings. The molecular weight excluding hydrogens is 523 g/mol. The van der Waals surface area contributed by atoms with Crippen LogP contribution in [0.4, 0.5) is 19.0 Å². The lowest BCUT2D eigenvalue weighted by molar-refractivity contribution is -0.138. The molecule has 2 fully saturated rings. The first kappa shape index (κ1) is 26.4. The van der Waals surface area contributed by atoms with Crippen molar-refractivity contribution in [3.8, 4) is 17.2 Å². The van der Waals surface area contributed by atoms with Gasteiger partial charge in [0, 0.05) is 56.1 Å². The highest BCUT2D eigenvalue weighted by atomic mass is 19.4. The number of halogens is 3. The molecule has 6 rings (SSSR count). The first-order valence-electron chi connectivity index (χ1n) is 13.4. The Morgan fingerprint density at radius 1 is 1.07 bits per heavy atom. The normalized spacial score (nSPS) is 22.2. The van der Waals surface area contributed by atoms with E-state index in [0.29, 0.717) is 36.2 Å². The maximum Gasteiger partial charge on any atom is 0.416 e. The van der Waals surface area contributed by atoms with Crippen LogP contribution < -0.4 is 20.5 Å². The van der Waals surface area contributed by atoms with Gasteiger partial charge in [-0.2, -0.15) is 13.2 Å². The number of piperazine rings is 1. The molecule has 1 saturated carbocycles. The third-order valence-corrected chi connectivity index (χ3v) is 7.83. The summed E-state index contributed by atoms with van der Waals surface area (Å²) in [5, 5.41) is 2.87. The summed E-state index contributed by atoms with van der Waals surface area (Å²) in [6.45, 7) is 6.29. The minimum Gasteiger partial charge on any atom is -0.487 e. The van der Waals surface area contributed by atoms with Gasteiger partial charge in [0.15, 0.2) is 0 Å². The predicted octanol–water partition coefficient (Wildman–Crippen LogP) is 4.27. The van der Waals surface area contributed by atoms with Gasteiger partial charge < -0.3 is 25.4 Å². The number of carbonyl (C=O) groups excluding carboxylic acids is 1. The third-order valence-electron chi connectivity index (χ3n) is 7.83. The van der Waals surface area contributed by atoms with Crippen molar-refractivity contribution in [2.45, 2.75) is 37.7 Å². The fraction of sp³-hybridized carbons (Fsp3) is 0.379. The quantitative estimate of drug-likeness (QED) is 0.452. The average Bonchev–Trinajstić information content (AvgIpc) is 3.44. The van der Waals surface area contributed by atoms with Crippen LogP contribution in [0.3, 0.4) is 0 Å². The molecule has 3 aliphatic rings. The Kier molecular flexibility index (Phi) is 6.79. The van der Waals surface area contributed by atoms with Crippen LogP contribution in [0.2, 0.25) is 0 Å². The highest BCUT2D eigenvalue weighted by Gasteiger charge is 2.59. The number of carbonyl (C=O) groups is 1. The highest BCUT2D eigenvalue weighted by Crippen LogP contribution is 2.54. The number of ether oxygens (including phenoxy) is 2. The number of fused-ring (bicyclic) bond motifs is 3. The molecule has 3 atom stereocenters. The second kappa shape index (κ2) is 10.3. The zero-order valence-electron chi connectivity index (χ0n) is 21.9. The topological polar surface area (TPSA) is 93.0 Å². The van der Waals surface area contributed by atoms with Gasteiger partial charge in [-0.1, -0.05) is 13.0 Å². The molecule has 8 nitrogen and oxygen atoms in total. The Hall–Kier alpha value is -3.83. The smallest absolute Gasteiger partial charge is 0.416 e. The number of rotatable bonds is 7. The highest BCUT2D eigenvalue weighted by molar-refractivity contribution is 5.95. The minimum absolute atomic E-state index is 0.0237. The Balaban J connectivity index is 1.13. The zero-order valence-corrected chi connectivity index (χ0v) is 21.9. The molecule has 1 amide bonds. The molecule has 0 bridgehead atoms. The molecule has 3 N–H and O–H groups in total. The number of alkyl halides is 3. The fourth-order valence-corrected chi connectivity index (χ4v) is 5.56. The molecule has 1 aliphatic carbocycles. The molecule has 11 heteroatoms. The van der Waals surface area contributed by atoms with E-state index in [1.54, 1.807) is 30.5 Å². The van der Waals surface area contributed by atoms with Crippen LogP contribution in [-0.4, -0.2) is 65.6 Å². The van der Waals surface area contributed by atoms with Gasteiger partial charge in [-0.25, -0.2) is 4.98 Å². The number of hydrogen-bond donors (Lipinski definition) is 2. The zero-order chi connectivity index (χ0) is 28.0. The second-order valence-electron chi connectivity index (χ2n) is 10.4. The lowest BCUT2D eigenvalue weighted by atomic mass is 10.0. The van der Waals surface area contributed by atoms with E-state index in [4.69, 9.17) is 15.2 Å². The van der Waals surface area contributed by atoms with Gasteiger partial charge in [-0.3, -0.25) is 9.69 Å². The van der Waals surface area contributed by atoms with Gasteiger partial charge in [-0.05, 0) is 48.5 Å². The van der Waals surface area contributed by atoms with Gasteiger partial charge in [0.2, 0.25) is 0 Å². The van der Waals surface area contributed by atoms with E-state index in [-0.39, 0.29) is 35.7 Å². The number of likely N-dealkylation sites (N-methyl/N-ethyl adjacent to an activating group) is 1. The molecule has 40 heavy (non-hydrogen) atoms. The number of nitrogens with one attached hydrogen (secondary N) is 1. The molecule has 3 heterocycles. The van der Waals surface area contributed by atoms with Gasteiger partial charge in [0.25, 0.3) is 5.91 Å². The van der Waals surface area contributed by atoms with Crippen molar-refractivity contribution >= 4 is 11.7 Å². The molecule has 2 aromatic carbocycles. The van der Waals surface area contributed by atoms with Crippen LogP contribution in [0.1, 0.15) is 39.9 Å². The number of pyridine rings is 1. The van der Waals surface area contributed by atoms with Crippen molar-refractivity contribution in [3.63, 3.8) is 0 Å². The van der Waals surface area contributed by atoms with E-state index in [2.05, 4.69) is 22.1 Å². The summed E-state index contributed by atoms with van der Waals surface area (Å²) in [6, 6.07) is 12.3. The van der Waals surface area contributed by atoms with Crippen molar-refractivity contribution < 1.29 is 27.4 Å². The number of anilines is 1. The Labute approximate surface area is 229 Å². The summed E-state index contributed by atoms with van der Waals surface area (Å²) in [4.78, 5) is 21.3. The molecule has 0 spiro atoms. The summed E-state index contributed by atoms with van der Waals surface area (Å²) in [7, 11) is 0. The maximum atomic E-state index is 14.0. The van der Waals surface area contributed by atoms with Crippen LogP contribution in [0, 0.1) is 0 Å². The summed E-state index contributed by atoms with van der Waals surface area (Å²) >= 11 is 0. The van der Waals surface area contributed by atoms with Crippen LogP contribution in [0.5, 0.6) is 17.2 Å². The number of nitrogens with zero attached hydrogens (tertiary/aromatic N) is 3. The lowest BCUT2D eigenvalue weighted by Gasteiger charge is -2.34. The second-order valence-corrected chi connectivity index (χ2v) is 10.4.